The minimum atomic E-state index is -0.260. The van der Waals surface area contributed by atoms with Crippen molar-refractivity contribution in [2.24, 2.45) is 0 Å². The standard InChI is InChI=1S/C21H19N3O2S/c1-3-14-8-4-6-10-16(14)22-18(25)12-24-21(26)19-15-9-5-7-11-17(15)27-20(19)13(2)23-24/h4-11H,3,12H2,1-2H3,(H,22,25). The van der Waals surface area contributed by atoms with Crippen LogP contribution >= 0.6 is 11.3 Å². The second-order valence-corrected chi connectivity index (χ2v) is 7.46. The zero-order valence-electron chi connectivity index (χ0n) is 15.2. The van der Waals surface area contributed by atoms with Gasteiger partial charge in [0, 0.05) is 15.8 Å². The highest BCUT2D eigenvalue weighted by Gasteiger charge is 2.16. The highest BCUT2D eigenvalue weighted by molar-refractivity contribution is 7.26. The first-order valence-corrected chi connectivity index (χ1v) is 9.67. The SMILES string of the molecule is CCc1ccccc1NC(=O)Cn1nc(C)c2sc3ccccc3c2c1=O. The third kappa shape index (κ3) is 3.13. The van der Waals surface area contributed by atoms with Gasteiger partial charge in [-0.2, -0.15) is 5.10 Å². The third-order valence-corrected chi connectivity index (χ3v) is 5.89. The Balaban J connectivity index is 1.72. The molecule has 27 heavy (non-hydrogen) atoms. The average Bonchev–Trinajstić information content (AvgIpc) is 3.07. The van der Waals surface area contributed by atoms with E-state index in [2.05, 4.69) is 10.4 Å². The first kappa shape index (κ1) is 17.4. The van der Waals surface area contributed by atoms with E-state index in [0.29, 0.717) is 5.39 Å². The van der Waals surface area contributed by atoms with Gasteiger partial charge < -0.3 is 5.32 Å². The molecule has 0 aliphatic rings. The molecule has 0 unspecified atom stereocenters. The van der Waals surface area contributed by atoms with Crippen molar-refractivity contribution in [3.8, 4) is 0 Å². The van der Waals surface area contributed by atoms with Gasteiger partial charge in [-0.25, -0.2) is 4.68 Å². The summed E-state index contributed by atoms with van der Waals surface area (Å²) < 4.78 is 3.20. The van der Waals surface area contributed by atoms with Gasteiger partial charge in [-0.1, -0.05) is 43.3 Å². The van der Waals surface area contributed by atoms with Crippen LogP contribution in [0.3, 0.4) is 0 Å². The molecular formula is C21H19N3O2S. The molecule has 0 radical (unpaired) electrons. The van der Waals surface area contributed by atoms with Crippen molar-refractivity contribution in [3.63, 3.8) is 0 Å². The largest absolute Gasteiger partial charge is 0.324 e. The number of aromatic nitrogens is 2. The molecule has 2 aromatic carbocycles. The predicted octanol–water partition coefficient (Wildman–Crippen LogP) is 4.12. The monoisotopic (exact) mass is 377 g/mol. The highest BCUT2D eigenvalue weighted by atomic mass is 32.1. The van der Waals surface area contributed by atoms with Crippen molar-refractivity contribution in [1.82, 2.24) is 9.78 Å². The van der Waals surface area contributed by atoms with Crippen molar-refractivity contribution in [2.45, 2.75) is 26.8 Å². The molecule has 2 heterocycles. The number of aryl methyl sites for hydroxylation is 2. The molecule has 0 fully saturated rings. The maximum absolute atomic E-state index is 13.0. The van der Waals surface area contributed by atoms with Crippen LogP contribution in [0.5, 0.6) is 0 Å². The zero-order chi connectivity index (χ0) is 19.0. The molecule has 0 saturated heterocycles. The van der Waals surface area contributed by atoms with Gasteiger partial charge in [0.15, 0.2) is 0 Å². The van der Waals surface area contributed by atoms with Crippen LogP contribution in [-0.2, 0) is 17.8 Å². The second kappa shape index (κ2) is 6.96. The maximum atomic E-state index is 13.0. The molecule has 0 bridgehead atoms. The molecule has 2 aromatic heterocycles. The lowest BCUT2D eigenvalue weighted by Gasteiger charge is -2.11. The molecule has 5 nitrogen and oxygen atoms in total. The maximum Gasteiger partial charge on any atom is 0.276 e. The third-order valence-electron chi connectivity index (χ3n) is 4.61. The molecule has 0 atom stereocenters. The average molecular weight is 377 g/mol. The summed E-state index contributed by atoms with van der Waals surface area (Å²) in [4.78, 5) is 25.5. The molecule has 0 aliphatic carbocycles. The number of carbonyl (C=O) groups excluding carboxylic acids is 1. The summed E-state index contributed by atoms with van der Waals surface area (Å²) in [5.74, 6) is -0.260. The number of thiophene rings is 1. The molecular weight excluding hydrogens is 358 g/mol. The second-order valence-electron chi connectivity index (χ2n) is 6.41. The topological polar surface area (TPSA) is 64.0 Å². The number of nitrogens with zero attached hydrogens (tertiary/aromatic N) is 2. The fourth-order valence-electron chi connectivity index (χ4n) is 3.30. The number of anilines is 1. The quantitative estimate of drug-likeness (QED) is 0.582. The van der Waals surface area contributed by atoms with Crippen LogP contribution < -0.4 is 10.9 Å². The molecule has 1 N–H and O–H groups in total. The number of hydrogen-bond donors (Lipinski definition) is 1. The van der Waals surface area contributed by atoms with Crippen molar-refractivity contribution >= 4 is 43.1 Å². The van der Waals surface area contributed by atoms with Gasteiger partial charge in [0.1, 0.15) is 6.54 Å². The summed E-state index contributed by atoms with van der Waals surface area (Å²) in [6, 6.07) is 15.5. The lowest BCUT2D eigenvalue weighted by Crippen LogP contribution is -2.30. The molecule has 0 saturated carbocycles. The molecule has 0 spiro atoms. The lowest BCUT2D eigenvalue weighted by atomic mass is 10.1. The molecule has 4 aromatic rings. The summed E-state index contributed by atoms with van der Waals surface area (Å²) in [6.45, 7) is 3.80. The normalized spacial score (nSPS) is 11.2. The van der Waals surface area contributed by atoms with Gasteiger partial charge in [-0.3, -0.25) is 9.59 Å². The van der Waals surface area contributed by atoms with E-state index in [0.717, 1.165) is 38.2 Å². The Morgan fingerprint density at radius 3 is 2.70 bits per heavy atom. The van der Waals surface area contributed by atoms with Crippen LogP contribution in [0.25, 0.3) is 20.2 Å². The summed E-state index contributed by atoms with van der Waals surface area (Å²) in [7, 11) is 0. The first-order valence-electron chi connectivity index (χ1n) is 8.85. The van der Waals surface area contributed by atoms with Gasteiger partial charge >= 0.3 is 0 Å². The lowest BCUT2D eigenvalue weighted by molar-refractivity contribution is -0.117. The zero-order valence-corrected chi connectivity index (χ0v) is 16.0. The summed E-state index contributed by atoms with van der Waals surface area (Å²) in [5, 5.41) is 8.83. The van der Waals surface area contributed by atoms with Crippen LogP contribution in [0, 0.1) is 6.92 Å². The minimum absolute atomic E-state index is 0.113. The number of rotatable bonds is 4. The van der Waals surface area contributed by atoms with Crippen LogP contribution in [0.2, 0.25) is 0 Å². The van der Waals surface area contributed by atoms with E-state index in [9.17, 15) is 9.59 Å². The first-order chi connectivity index (χ1) is 13.1. The Labute approximate surface area is 160 Å². The predicted molar refractivity (Wildman–Crippen MR) is 111 cm³/mol. The summed E-state index contributed by atoms with van der Waals surface area (Å²) in [6.07, 6.45) is 0.820. The van der Waals surface area contributed by atoms with Gasteiger partial charge in [0.05, 0.1) is 15.8 Å². The number of fused-ring (bicyclic) bond motifs is 3. The Bertz CT molecular complexity index is 1220. The van der Waals surface area contributed by atoms with E-state index in [-0.39, 0.29) is 18.0 Å². The smallest absolute Gasteiger partial charge is 0.276 e. The Morgan fingerprint density at radius 1 is 1.15 bits per heavy atom. The van der Waals surface area contributed by atoms with Gasteiger partial charge in [-0.05, 0) is 31.0 Å². The van der Waals surface area contributed by atoms with Crippen LogP contribution in [0.4, 0.5) is 5.69 Å². The number of carbonyl (C=O) groups is 1. The van der Waals surface area contributed by atoms with Gasteiger partial charge in [-0.15, -0.1) is 11.3 Å². The van der Waals surface area contributed by atoms with Crippen molar-refractivity contribution in [1.29, 1.82) is 0 Å². The van der Waals surface area contributed by atoms with Crippen molar-refractivity contribution in [2.75, 3.05) is 5.32 Å². The number of nitrogens with one attached hydrogen (secondary N) is 1. The molecule has 4 rings (SSSR count). The molecule has 1 amide bonds. The number of para-hydroxylation sites is 1. The van der Waals surface area contributed by atoms with Crippen molar-refractivity contribution < 1.29 is 4.79 Å². The fraction of sp³-hybridized carbons (Fsp3) is 0.190. The van der Waals surface area contributed by atoms with E-state index in [4.69, 9.17) is 0 Å². The van der Waals surface area contributed by atoms with Crippen molar-refractivity contribution in [3.05, 3.63) is 70.1 Å². The Kier molecular flexibility index (Phi) is 4.49. The van der Waals surface area contributed by atoms with Gasteiger partial charge in [0.25, 0.3) is 5.56 Å². The van der Waals surface area contributed by atoms with Crippen LogP contribution in [-0.4, -0.2) is 15.7 Å². The highest BCUT2D eigenvalue weighted by Crippen LogP contribution is 2.32. The minimum Gasteiger partial charge on any atom is -0.324 e. The summed E-state index contributed by atoms with van der Waals surface area (Å²) in [5.41, 5.74) is 2.36. The van der Waals surface area contributed by atoms with E-state index in [1.165, 1.54) is 4.68 Å². The molecule has 0 aliphatic heterocycles. The molecule has 136 valence electrons. The number of benzene rings is 2. The van der Waals surface area contributed by atoms with E-state index < -0.39 is 0 Å². The van der Waals surface area contributed by atoms with Gasteiger partial charge in [0.2, 0.25) is 5.91 Å². The van der Waals surface area contributed by atoms with E-state index in [1.807, 2.05) is 62.4 Å². The van der Waals surface area contributed by atoms with Crippen LogP contribution in [0.15, 0.2) is 53.3 Å². The number of hydrogen-bond acceptors (Lipinski definition) is 4. The Morgan fingerprint density at radius 2 is 1.89 bits per heavy atom. The number of amides is 1. The summed E-state index contributed by atoms with van der Waals surface area (Å²) >= 11 is 1.56. The molecule has 6 heteroatoms. The Hall–Kier alpha value is -2.99. The van der Waals surface area contributed by atoms with E-state index >= 15 is 0 Å². The van der Waals surface area contributed by atoms with Crippen LogP contribution in [0.1, 0.15) is 18.2 Å². The fourth-order valence-corrected chi connectivity index (χ4v) is 4.43. The van der Waals surface area contributed by atoms with E-state index in [1.54, 1.807) is 11.3 Å².